The van der Waals surface area contributed by atoms with Crippen LogP contribution in [0.2, 0.25) is 0 Å². The van der Waals surface area contributed by atoms with E-state index >= 15 is 0 Å². The van der Waals surface area contributed by atoms with Crippen LogP contribution in [-0.2, 0) is 23.2 Å². The summed E-state index contributed by atoms with van der Waals surface area (Å²) in [7, 11) is 0. The Morgan fingerprint density at radius 1 is 1.12 bits per heavy atom. The molecule has 136 valence electrons. The first-order valence-corrected chi connectivity index (χ1v) is 9.39. The second-order valence-electron chi connectivity index (χ2n) is 7.65. The zero-order valence-electron chi connectivity index (χ0n) is 15.3. The average molecular weight is 350 g/mol. The highest BCUT2D eigenvalue weighted by molar-refractivity contribution is 5.79. The SMILES string of the molecule is Cc1ccc(CC(=O)N2CCC3(CC2)COc2ccc(CN)cc23)cc1. The van der Waals surface area contributed by atoms with Gasteiger partial charge in [0.1, 0.15) is 5.75 Å². The van der Waals surface area contributed by atoms with Crippen molar-refractivity contribution >= 4 is 5.91 Å². The number of carbonyl (C=O) groups excluding carboxylic acids is 1. The molecule has 0 unspecified atom stereocenters. The van der Waals surface area contributed by atoms with Crippen LogP contribution in [0.3, 0.4) is 0 Å². The molecule has 0 saturated carbocycles. The molecule has 4 heteroatoms. The van der Waals surface area contributed by atoms with Gasteiger partial charge in [-0.05, 0) is 37.0 Å². The molecule has 0 radical (unpaired) electrons. The molecular weight excluding hydrogens is 324 g/mol. The Morgan fingerprint density at radius 2 is 1.81 bits per heavy atom. The largest absolute Gasteiger partial charge is 0.492 e. The Bertz CT molecular complexity index is 805. The first-order valence-electron chi connectivity index (χ1n) is 9.39. The monoisotopic (exact) mass is 350 g/mol. The van der Waals surface area contributed by atoms with E-state index in [9.17, 15) is 4.79 Å². The minimum absolute atomic E-state index is 0.0428. The molecule has 0 aliphatic carbocycles. The standard InChI is InChI=1S/C22H26N2O2/c1-16-2-4-17(5-3-16)13-21(25)24-10-8-22(9-11-24)15-26-20-7-6-18(14-23)12-19(20)22/h2-7,12H,8-11,13-15,23H2,1H3. The third-order valence-corrected chi connectivity index (χ3v) is 5.90. The summed E-state index contributed by atoms with van der Waals surface area (Å²) in [4.78, 5) is 14.7. The number of fused-ring (bicyclic) bond motifs is 2. The molecule has 2 aliphatic heterocycles. The minimum Gasteiger partial charge on any atom is -0.492 e. The number of ether oxygens (including phenoxy) is 1. The van der Waals surface area contributed by atoms with Gasteiger partial charge in [0.05, 0.1) is 13.0 Å². The number of hydrogen-bond donors (Lipinski definition) is 1. The lowest BCUT2D eigenvalue weighted by Gasteiger charge is -2.38. The van der Waals surface area contributed by atoms with E-state index in [0.717, 1.165) is 49.4 Å². The average Bonchev–Trinajstić information content (AvgIpc) is 3.01. The van der Waals surface area contributed by atoms with Gasteiger partial charge in [0.2, 0.25) is 5.91 Å². The van der Waals surface area contributed by atoms with Crippen LogP contribution in [0.15, 0.2) is 42.5 Å². The van der Waals surface area contributed by atoms with Crippen molar-refractivity contribution in [2.24, 2.45) is 5.73 Å². The van der Waals surface area contributed by atoms with Gasteiger partial charge >= 0.3 is 0 Å². The Morgan fingerprint density at radius 3 is 2.50 bits per heavy atom. The van der Waals surface area contributed by atoms with E-state index in [1.54, 1.807) is 0 Å². The molecule has 2 heterocycles. The maximum absolute atomic E-state index is 12.7. The Hall–Kier alpha value is -2.33. The van der Waals surface area contributed by atoms with Crippen LogP contribution >= 0.6 is 0 Å². The van der Waals surface area contributed by atoms with Gasteiger partial charge in [0, 0.05) is 30.6 Å². The van der Waals surface area contributed by atoms with E-state index in [-0.39, 0.29) is 11.3 Å². The van der Waals surface area contributed by atoms with Crippen LogP contribution in [0.1, 0.15) is 35.1 Å². The maximum atomic E-state index is 12.7. The van der Waals surface area contributed by atoms with Crippen molar-refractivity contribution in [3.8, 4) is 5.75 Å². The van der Waals surface area contributed by atoms with Crippen molar-refractivity contribution in [3.05, 3.63) is 64.7 Å². The lowest BCUT2D eigenvalue weighted by atomic mass is 9.74. The summed E-state index contributed by atoms with van der Waals surface area (Å²) >= 11 is 0. The first-order chi connectivity index (χ1) is 12.6. The number of nitrogens with zero attached hydrogens (tertiary/aromatic N) is 1. The zero-order chi connectivity index (χ0) is 18.1. The first kappa shape index (κ1) is 17.1. The van der Waals surface area contributed by atoms with E-state index in [2.05, 4.69) is 25.1 Å². The van der Waals surface area contributed by atoms with Crippen molar-refractivity contribution in [3.63, 3.8) is 0 Å². The van der Waals surface area contributed by atoms with Crippen molar-refractivity contribution in [1.29, 1.82) is 0 Å². The fraction of sp³-hybridized carbons (Fsp3) is 0.409. The molecule has 1 saturated heterocycles. The van der Waals surface area contributed by atoms with E-state index in [1.165, 1.54) is 11.1 Å². The van der Waals surface area contributed by atoms with E-state index in [0.29, 0.717) is 13.0 Å². The van der Waals surface area contributed by atoms with Gasteiger partial charge in [-0.15, -0.1) is 0 Å². The van der Waals surface area contributed by atoms with Crippen molar-refractivity contribution in [1.82, 2.24) is 4.90 Å². The predicted octanol–water partition coefficient (Wildman–Crippen LogP) is 2.95. The summed E-state index contributed by atoms with van der Waals surface area (Å²) in [5.41, 5.74) is 10.6. The van der Waals surface area contributed by atoms with E-state index in [4.69, 9.17) is 10.5 Å². The Kier molecular flexibility index (Phi) is 4.45. The number of rotatable bonds is 3. The molecule has 1 amide bonds. The van der Waals surface area contributed by atoms with Gasteiger partial charge in [0.25, 0.3) is 0 Å². The number of nitrogens with two attached hydrogens (primary N) is 1. The van der Waals surface area contributed by atoms with E-state index in [1.807, 2.05) is 29.2 Å². The molecule has 1 spiro atoms. The molecule has 4 rings (SSSR count). The maximum Gasteiger partial charge on any atom is 0.226 e. The zero-order valence-corrected chi connectivity index (χ0v) is 15.3. The second kappa shape index (κ2) is 6.76. The highest BCUT2D eigenvalue weighted by Crippen LogP contribution is 2.45. The molecule has 2 N–H and O–H groups in total. The summed E-state index contributed by atoms with van der Waals surface area (Å²) in [6.07, 6.45) is 2.39. The van der Waals surface area contributed by atoms with Gasteiger partial charge in [-0.1, -0.05) is 42.0 Å². The third-order valence-electron chi connectivity index (χ3n) is 5.90. The van der Waals surface area contributed by atoms with Crippen molar-refractivity contribution in [2.75, 3.05) is 19.7 Å². The second-order valence-corrected chi connectivity index (χ2v) is 7.65. The van der Waals surface area contributed by atoms with Crippen LogP contribution < -0.4 is 10.5 Å². The van der Waals surface area contributed by atoms with Crippen LogP contribution in [0.4, 0.5) is 0 Å². The highest BCUT2D eigenvalue weighted by Gasteiger charge is 2.43. The molecule has 4 nitrogen and oxygen atoms in total. The van der Waals surface area contributed by atoms with Crippen LogP contribution in [0.25, 0.3) is 0 Å². The fourth-order valence-corrected chi connectivity index (χ4v) is 4.13. The lowest BCUT2D eigenvalue weighted by molar-refractivity contribution is -0.132. The smallest absolute Gasteiger partial charge is 0.226 e. The van der Waals surface area contributed by atoms with Gasteiger partial charge < -0.3 is 15.4 Å². The van der Waals surface area contributed by atoms with Gasteiger partial charge in [0.15, 0.2) is 0 Å². The number of benzene rings is 2. The third kappa shape index (κ3) is 3.10. The van der Waals surface area contributed by atoms with E-state index < -0.39 is 0 Å². The van der Waals surface area contributed by atoms with Gasteiger partial charge in [-0.2, -0.15) is 0 Å². The number of amides is 1. The van der Waals surface area contributed by atoms with Gasteiger partial charge in [-0.25, -0.2) is 0 Å². The molecule has 0 aromatic heterocycles. The number of likely N-dealkylation sites (tertiary alicyclic amines) is 1. The Balaban J connectivity index is 1.43. The molecule has 0 atom stereocenters. The summed E-state index contributed by atoms with van der Waals surface area (Å²) in [6, 6.07) is 14.5. The quantitative estimate of drug-likeness (QED) is 0.926. The number of piperidine rings is 1. The molecule has 0 bridgehead atoms. The summed E-state index contributed by atoms with van der Waals surface area (Å²) in [5, 5.41) is 0. The number of carbonyl (C=O) groups is 1. The molecule has 2 aromatic rings. The van der Waals surface area contributed by atoms with Crippen LogP contribution in [0, 0.1) is 6.92 Å². The Labute approximate surface area is 155 Å². The van der Waals surface area contributed by atoms with Crippen molar-refractivity contribution < 1.29 is 9.53 Å². The molecule has 26 heavy (non-hydrogen) atoms. The molecular formula is C22H26N2O2. The van der Waals surface area contributed by atoms with Crippen LogP contribution in [0.5, 0.6) is 5.75 Å². The lowest BCUT2D eigenvalue weighted by Crippen LogP contribution is -2.46. The number of hydrogen-bond acceptors (Lipinski definition) is 3. The topological polar surface area (TPSA) is 55.6 Å². The molecule has 2 aliphatic rings. The fourth-order valence-electron chi connectivity index (χ4n) is 4.13. The van der Waals surface area contributed by atoms with Gasteiger partial charge in [-0.3, -0.25) is 4.79 Å². The summed E-state index contributed by atoms with van der Waals surface area (Å²) in [6.45, 7) is 4.91. The van der Waals surface area contributed by atoms with Crippen molar-refractivity contribution in [2.45, 2.75) is 38.1 Å². The summed E-state index contributed by atoms with van der Waals surface area (Å²) < 4.78 is 5.95. The number of aryl methyl sites for hydroxylation is 1. The summed E-state index contributed by atoms with van der Waals surface area (Å²) in [5.74, 6) is 1.21. The minimum atomic E-state index is 0.0428. The predicted molar refractivity (Wildman–Crippen MR) is 102 cm³/mol. The van der Waals surface area contributed by atoms with Crippen LogP contribution in [-0.4, -0.2) is 30.5 Å². The molecule has 2 aromatic carbocycles. The highest BCUT2D eigenvalue weighted by atomic mass is 16.5. The molecule has 1 fully saturated rings. The normalized spacial score (nSPS) is 17.8.